The van der Waals surface area contributed by atoms with Crippen LogP contribution in [0.1, 0.15) is 22.7 Å². The molecule has 0 aliphatic heterocycles. The molecule has 0 saturated heterocycles. The van der Waals surface area contributed by atoms with Gasteiger partial charge in [0.1, 0.15) is 5.82 Å². The van der Waals surface area contributed by atoms with E-state index in [0.29, 0.717) is 0 Å². The first kappa shape index (κ1) is 12.9. The van der Waals surface area contributed by atoms with Crippen LogP contribution in [0.2, 0.25) is 0 Å². The quantitative estimate of drug-likeness (QED) is 0.773. The molecule has 0 aliphatic carbocycles. The number of imidazole rings is 1. The first-order chi connectivity index (χ1) is 9.67. The summed E-state index contributed by atoms with van der Waals surface area (Å²) in [6, 6.07) is 4.50. The number of hydrogen-bond donors (Lipinski definition) is 2. The van der Waals surface area contributed by atoms with Crippen molar-refractivity contribution in [2.45, 2.75) is 19.9 Å². The predicted octanol–water partition coefficient (Wildman–Crippen LogP) is 3.31. The molecule has 0 bridgehead atoms. The van der Waals surface area contributed by atoms with Gasteiger partial charge in [-0.3, -0.25) is 0 Å². The molecule has 20 heavy (non-hydrogen) atoms. The van der Waals surface area contributed by atoms with Gasteiger partial charge in [0, 0.05) is 29.2 Å². The van der Waals surface area contributed by atoms with Crippen LogP contribution >= 0.6 is 11.3 Å². The summed E-state index contributed by atoms with van der Waals surface area (Å²) < 4.78 is 1.97. The second-order valence-electron chi connectivity index (χ2n) is 4.70. The van der Waals surface area contributed by atoms with E-state index in [1.54, 1.807) is 17.5 Å². The maximum atomic E-state index is 4.56. The van der Waals surface area contributed by atoms with Crippen LogP contribution in [-0.4, -0.2) is 21.4 Å². The average molecular weight is 287 g/mol. The minimum atomic E-state index is 0.203. The summed E-state index contributed by atoms with van der Waals surface area (Å²) in [5, 5.41) is 6.52. The fourth-order valence-corrected chi connectivity index (χ4v) is 2.99. The van der Waals surface area contributed by atoms with Crippen molar-refractivity contribution in [2.75, 3.05) is 17.7 Å². The SMILES string of the molecule is CNc1cn2ccnc2c(NC(C)c2ccc(C)s2)n1. The Labute approximate surface area is 121 Å². The highest BCUT2D eigenvalue weighted by Gasteiger charge is 2.12. The highest BCUT2D eigenvalue weighted by Crippen LogP contribution is 2.27. The van der Waals surface area contributed by atoms with Crippen molar-refractivity contribution in [3.05, 3.63) is 40.5 Å². The van der Waals surface area contributed by atoms with Crippen LogP contribution in [0.25, 0.3) is 5.65 Å². The summed E-state index contributed by atoms with van der Waals surface area (Å²) in [7, 11) is 1.86. The van der Waals surface area contributed by atoms with Crippen LogP contribution in [-0.2, 0) is 0 Å². The summed E-state index contributed by atoms with van der Waals surface area (Å²) in [6.07, 6.45) is 5.62. The molecule has 5 nitrogen and oxygen atoms in total. The highest BCUT2D eigenvalue weighted by molar-refractivity contribution is 7.12. The molecule has 3 aromatic heterocycles. The van der Waals surface area contributed by atoms with Gasteiger partial charge in [-0.05, 0) is 26.0 Å². The van der Waals surface area contributed by atoms with Gasteiger partial charge >= 0.3 is 0 Å². The van der Waals surface area contributed by atoms with E-state index in [-0.39, 0.29) is 6.04 Å². The van der Waals surface area contributed by atoms with Crippen LogP contribution in [0.4, 0.5) is 11.6 Å². The van der Waals surface area contributed by atoms with Crippen molar-refractivity contribution in [2.24, 2.45) is 0 Å². The fourth-order valence-electron chi connectivity index (χ4n) is 2.11. The Morgan fingerprint density at radius 1 is 1.35 bits per heavy atom. The molecule has 1 unspecified atom stereocenters. The maximum Gasteiger partial charge on any atom is 0.180 e. The van der Waals surface area contributed by atoms with Gasteiger partial charge in [0.15, 0.2) is 11.5 Å². The molecule has 0 aliphatic rings. The lowest BCUT2D eigenvalue weighted by Gasteiger charge is -2.14. The van der Waals surface area contributed by atoms with Gasteiger partial charge in [-0.1, -0.05) is 0 Å². The largest absolute Gasteiger partial charge is 0.372 e. The third-order valence-corrected chi connectivity index (χ3v) is 4.35. The Morgan fingerprint density at radius 3 is 2.90 bits per heavy atom. The van der Waals surface area contributed by atoms with Crippen molar-refractivity contribution < 1.29 is 0 Å². The van der Waals surface area contributed by atoms with E-state index < -0.39 is 0 Å². The maximum absolute atomic E-state index is 4.56. The van der Waals surface area contributed by atoms with Gasteiger partial charge < -0.3 is 15.0 Å². The number of thiophene rings is 1. The minimum absolute atomic E-state index is 0.203. The van der Waals surface area contributed by atoms with Crippen LogP contribution in [0.5, 0.6) is 0 Å². The predicted molar refractivity (Wildman–Crippen MR) is 83.6 cm³/mol. The Hall–Kier alpha value is -2.08. The van der Waals surface area contributed by atoms with Gasteiger partial charge in [-0.2, -0.15) is 0 Å². The normalized spacial score (nSPS) is 12.6. The number of nitrogens with one attached hydrogen (secondary N) is 2. The van der Waals surface area contributed by atoms with Crippen molar-refractivity contribution in [1.82, 2.24) is 14.4 Å². The summed E-state index contributed by atoms with van der Waals surface area (Å²) in [5.41, 5.74) is 0.837. The zero-order valence-electron chi connectivity index (χ0n) is 11.7. The van der Waals surface area contributed by atoms with Crippen LogP contribution < -0.4 is 10.6 Å². The molecular weight excluding hydrogens is 270 g/mol. The first-order valence-electron chi connectivity index (χ1n) is 6.51. The van der Waals surface area contributed by atoms with E-state index in [1.807, 2.05) is 23.8 Å². The molecular formula is C14H17N5S. The fraction of sp³-hybridized carbons (Fsp3) is 0.286. The van der Waals surface area contributed by atoms with Gasteiger partial charge in [0.25, 0.3) is 0 Å². The summed E-state index contributed by atoms with van der Waals surface area (Å²) in [6.45, 7) is 4.26. The van der Waals surface area contributed by atoms with Gasteiger partial charge in [-0.25, -0.2) is 9.97 Å². The zero-order chi connectivity index (χ0) is 14.1. The monoisotopic (exact) mass is 287 g/mol. The number of rotatable bonds is 4. The van der Waals surface area contributed by atoms with E-state index >= 15 is 0 Å². The standard InChI is InChI=1S/C14H17N5S/c1-9-4-5-11(20-9)10(2)17-13-14-16-6-7-19(14)8-12(15-3)18-13/h4-8,10,15H,1-3H3,(H,17,18). The van der Waals surface area contributed by atoms with E-state index in [4.69, 9.17) is 0 Å². The third kappa shape index (κ3) is 2.34. The Bertz CT molecular complexity index is 730. The lowest BCUT2D eigenvalue weighted by Crippen LogP contribution is -2.09. The number of hydrogen-bond acceptors (Lipinski definition) is 5. The average Bonchev–Trinajstić information content (AvgIpc) is 3.06. The topological polar surface area (TPSA) is 54.2 Å². The van der Waals surface area contributed by atoms with Crippen LogP contribution in [0, 0.1) is 6.92 Å². The molecule has 104 valence electrons. The lowest BCUT2D eigenvalue weighted by atomic mass is 10.2. The molecule has 6 heteroatoms. The second kappa shape index (κ2) is 5.13. The summed E-state index contributed by atoms with van der Waals surface area (Å²) in [5.74, 6) is 1.60. The van der Waals surface area contributed by atoms with E-state index in [1.165, 1.54) is 9.75 Å². The third-order valence-electron chi connectivity index (χ3n) is 3.17. The van der Waals surface area contributed by atoms with Gasteiger partial charge in [0.05, 0.1) is 12.2 Å². The Balaban J connectivity index is 1.95. The smallest absolute Gasteiger partial charge is 0.180 e. The summed E-state index contributed by atoms with van der Waals surface area (Å²) >= 11 is 1.80. The molecule has 0 fully saturated rings. The number of aromatic nitrogens is 3. The van der Waals surface area contributed by atoms with Crippen molar-refractivity contribution in [3.8, 4) is 0 Å². The lowest BCUT2D eigenvalue weighted by molar-refractivity contribution is 0.894. The first-order valence-corrected chi connectivity index (χ1v) is 7.33. The Morgan fingerprint density at radius 2 is 2.20 bits per heavy atom. The number of anilines is 2. The molecule has 1 atom stereocenters. The zero-order valence-corrected chi connectivity index (χ0v) is 12.5. The highest BCUT2D eigenvalue weighted by atomic mass is 32.1. The molecule has 0 saturated carbocycles. The molecule has 3 aromatic rings. The molecule has 0 aromatic carbocycles. The number of aryl methyl sites for hydroxylation is 1. The number of fused-ring (bicyclic) bond motifs is 1. The van der Waals surface area contributed by atoms with Crippen molar-refractivity contribution in [1.29, 1.82) is 0 Å². The van der Waals surface area contributed by atoms with E-state index in [0.717, 1.165) is 17.3 Å². The molecule has 0 spiro atoms. The molecule has 2 N–H and O–H groups in total. The van der Waals surface area contributed by atoms with Gasteiger partial charge in [0.2, 0.25) is 0 Å². The van der Waals surface area contributed by atoms with Gasteiger partial charge in [-0.15, -0.1) is 11.3 Å². The minimum Gasteiger partial charge on any atom is -0.372 e. The molecule has 0 radical (unpaired) electrons. The van der Waals surface area contributed by atoms with Crippen LogP contribution in [0.3, 0.4) is 0 Å². The second-order valence-corrected chi connectivity index (χ2v) is 6.02. The van der Waals surface area contributed by atoms with E-state index in [2.05, 4.69) is 46.6 Å². The van der Waals surface area contributed by atoms with Crippen molar-refractivity contribution >= 4 is 28.6 Å². The van der Waals surface area contributed by atoms with E-state index in [9.17, 15) is 0 Å². The number of nitrogens with zero attached hydrogens (tertiary/aromatic N) is 3. The molecule has 3 heterocycles. The summed E-state index contributed by atoms with van der Waals surface area (Å²) in [4.78, 5) is 11.5. The van der Waals surface area contributed by atoms with Crippen LogP contribution in [0.15, 0.2) is 30.7 Å². The Kier molecular flexibility index (Phi) is 3.31. The molecule has 0 amide bonds. The molecule has 3 rings (SSSR count). The van der Waals surface area contributed by atoms with Crippen molar-refractivity contribution in [3.63, 3.8) is 0 Å².